The average molecular weight is 532 g/mol. The van der Waals surface area contributed by atoms with Crippen LogP contribution < -0.4 is 16.8 Å². The largest absolute Gasteiger partial charge is 0.478 e. The fourth-order valence-corrected chi connectivity index (χ4v) is 4.25. The van der Waals surface area contributed by atoms with Gasteiger partial charge in [0.1, 0.15) is 17.8 Å². The molecular formula is C16H21N9O8S2. The maximum Gasteiger partial charge on any atom is 0.362 e. The van der Waals surface area contributed by atoms with Crippen molar-refractivity contribution in [1.82, 2.24) is 29.6 Å². The van der Waals surface area contributed by atoms with Crippen molar-refractivity contribution < 1.29 is 37.3 Å². The zero-order valence-electron chi connectivity index (χ0n) is 18.2. The molecule has 19 heteroatoms. The molecule has 0 aromatic carbocycles. The van der Waals surface area contributed by atoms with Gasteiger partial charge in [0.15, 0.2) is 10.8 Å². The molecule has 17 nitrogen and oxygen atoms in total. The Labute approximate surface area is 201 Å². The number of anilines is 1. The second-order valence-corrected chi connectivity index (χ2v) is 9.82. The van der Waals surface area contributed by atoms with Gasteiger partial charge in [-0.1, -0.05) is 5.16 Å². The first-order chi connectivity index (χ1) is 16.2. The van der Waals surface area contributed by atoms with Crippen LogP contribution in [0.2, 0.25) is 0 Å². The minimum atomic E-state index is -4.97. The number of hydrogen-bond donors (Lipinski definition) is 5. The Morgan fingerprint density at radius 2 is 2.09 bits per heavy atom. The predicted octanol–water partition coefficient (Wildman–Crippen LogP) is -2.44. The second kappa shape index (κ2) is 9.52. The molecule has 3 heterocycles. The molecule has 1 saturated heterocycles. The number of carboxylic acid groups (broad SMARTS) is 1. The van der Waals surface area contributed by atoms with Crippen LogP contribution in [0.15, 0.2) is 16.7 Å². The molecule has 1 fully saturated rings. The van der Waals surface area contributed by atoms with Gasteiger partial charge in [0.05, 0.1) is 18.4 Å². The number of β-lactam (4-membered cyclic amide) rings is 1. The van der Waals surface area contributed by atoms with Crippen LogP contribution >= 0.6 is 11.3 Å². The first-order valence-electron chi connectivity index (χ1n) is 9.66. The highest BCUT2D eigenvalue weighted by Gasteiger charge is 2.54. The number of nitrogens with zero attached hydrogens (tertiary/aromatic N) is 6. The van der Waals surface area contributed by atoms with Gasteiger partial charge in [0, 0.05) is 11.9 Å². The van der Waals surface area contributed by atoms with Crippen molar-refractivity contribution in [3.05, 3.63) is 23.0 Å². The van der Waals surface area contributed by atoms with Gasteiger partial charge in [-0.3, -0.25) is 14.1 Å². The van der Waals surface area contributed by atoms with Crippen LogP contribution in [-0.2, 0) is 42.6 Å². The third kappa shape index (κ3) is 5.53. The van der Waals surface area contributed by atoms with E-state index in [1.165, 1.54) is 25.4 Å². The number of nitrogen functional groups attached to an aromatic ring is 1. The van der Waals surface area contributed by atoms with E-state index >= 15 is 0 Å². The lowest BCUT2D eigenvalue weighted by molar-refractivity contribution is -0.161. The van der Waals surface area contributed by atoms with Crippen molar-refractivity contribution >= 4 is 50.3 Å². The van der Waals surface area contributed by atoms with E-state index in [2.05, 4.69) is 25.7 Å². The van der Waals surface area contributed by atoms with Gasteiger partial charge in [-0.15, -0.1) is 11.3 Å². The number of nitrogens with one attached hydrogen (secondary N) is 1. The van der Waals surface area contributed by atoms with Crippen molar-refractivity contribution in [2.45, 2.75) is 44.6 Å². The number of rotatable bonds is 10. The molecular weight excluding hydrogens is 510 g/mol. The van der Waals surface area contributed by atoms with E-state index in [-0.39, 0.29) is 28.2 Å². The van der Waals surface area contributed by atoms with E-state index < -0.39 is 51.5 Å². The monoisotopic (exact) mass is 531 g/mol. The van der Waals surface area contributed by atoms with Crippen molar-refractivity contribution in [2.24, 2.45) is 10.9 Å². The first kappa shape index (κ1) is 25.9. The van der Waals surface area contributed by atoms with Gasteiger partial charge in [-0.2, -0.15) is 23.4 Å². The van der Waals surface area contributed by atoms with Gasteiger partial charge < -0.3 is 26.7 Å². The minimum absolute atomic E-state index is 0.0507. The number of carbonyl (C=O) groups excluding carboxylic acids is 2. The molecule has 2 aromatic heterocycles. The molecule has 0 radical (unpaired) electrons. The van der Waals surface area contributed by atoms with Crippen LogP contribution in [0.25, 0.3) is 0 Å². The fourth-order valence-electron chi connectivity index (χ4n) is 2.83. The molecule has 1 aliphatic rings. The SMILES string of the molecule is CC(C)(ON=C(C(=O)N[C@@H]1C(=O)N(S(=O)(=O)O)[C@@H]1Cn1ncc(CN)n1)c1csc(N)n1)C(=O)O. The van der Waals surface area contributed by atoms with Crippen LogP contribution in [0, 0.1) is 0 Å². The van der Waals surface area contributed by atoms with Gasteiger partial charge in [-0.25, -0.2) is 14.1 Å². The highest BCUT2D eigenvalue weighted by Crippen LogP contribution is 2.25. The Morgan fingerprint density at radius 1 is 1.40 bits per heavy atom. The summed E-state index contributed by atoms with van der Waals surface area (Å²) in [7, 11) is -4.97. The predicted molar refractivity (Wildman–Crippen MR) is 118 cm³/mol. The highest BCUT2D eigenvalue weighted by molar-refractivity contribution is 7.84. The van der Waals surface area contributed by atoms with Crippen LogP contribution in [0.4, 0.5) is 5.13 Å². The molecule has 2 aromatic rings. The maximum absolute atomic E-state index is 13.0. The summed E-state index contributed by atoms with van der Waals surface area (Å²) < 4.78 is 33.0. The van der Waals surface area contributed by atoms with E-state index in [0.29, 0.717) is 5.69 Å². The molecule has 0 saturated carbocycles. The smallest absolute Gasteiger partial charge is 0.362 e. The number of nitrogens with two attached hydrogens (primary N) is 2. The minimum Gasteiger partial charge on any atom is -0.478 e. The summed E-state index contributed by atoms with van der Waals surface area (Å²) in [6.07, 6.45) is 1.32. The third-order valence-electron chi connectivity index (χ3n) is 4.71. The van der Waals surface area contributed by atoms with E-state index in [9.17, 15) is 32.5 Å². The van der Waals surface area contributed by atoms with Crippen molar-refractivity contribution in [3.63, 3.8) is 0 Å². The standard InChI is InChI=1S/C16H21N9O8S2/c1-16(2,14(28)29)33-23-10(8-6-34-15(18)20-8)12(26)21-11-9(25(13(11)27)35(30,31)32)5-24-19-4-7(3-17)22-24/h4,6,9,11H,3,5,17H2,1-2H3,(H2,18,20)(H,21,26)(H,28,29)(H,30,31,32)/t9-,11+/m1/s1. The molecule has 0 unspecified atom stereocenters. The van der Waals surface area contributed by atoms with E-state index in [0.717, 1.165) is 16.1 Å². The number of oxime groups is 1. The van der Waals surface area contributed by atoms with Gasteiger partial charge >= 0.3 is 16.3 Å². The zero-order valence-corrected chi connectivity index (χ0v) is 19.9. The van der Waals surface area contributed by atoms with E-state index in [1.807, 2.05) is 0 Å². The molecule has 0 aliphatic carbocycles. The lowest BCUT2D eigenvalue weighted by Crippen LogP contribution is -2.73. The second-order valence-electron chi connectivity index (χ2n) is 7.64. The summed E-state index contributed by atoms with van der Waals surface area (Å²) in [6, 6.07) is -2.76. The number of carbonyl (C=O) groups is 3. The lowest BCUT2D eigenvalue weighted by atomic mass is 9.98. The van der Waals surface area contributed by atoms with Crippen molar-refractivity contribution in [1.29, 1.82) is 0 Å². The van der Waals surface area contributed by atoms with Crippen LogP contribution in [-0.4, -0.2) is 83.5 Å². The number of aromatic nitrogens is 4. The van der Waals surface area contributed by atoms with Crippen LogP contribution in [0.1, 0.15) is 25.2 Å². The molecule has 1 aliphatic heterocycles. The molecule has 2 amide bonds. The third-order valence-corrected chi connectivity index (χ3v) is 6.33. The Balaban J connectivity index is 1.89. The number of aliphatic carboxylic acids is 1. The van der Waals surface area contributed by atoms with Crippen LogP contribution in [0.3, 0.4) is 0 Å². The summed E-state index contributed by atoms with van der Waals surface area (Å²) in [5, 5.41) is 24.4. The Bertz CT molecular complexity index is 1290. The molecule has 3 rings (SSSR count). The Kier molecular flexibility index (Phi) is 7.06. The zero-order chi connectivity index (χ0) is 26.1. The summed E-state index contributed by atoms with van der Waals surface area (Å²) in [5.74, 6) is -3.56. The first-order valence-corrected chi connectivity index (χ1v) is 11.9. The molecule has 190 valence electrons. The molecule has 0 bridgehead atoms. The Morgan fingerprint density at radius 3 is 2.60 bits per heavy atom. The highest BCUT2D eigenvalue weighted by atomic mass is 32.2. The van der Waals surface area contributed by atoms with E-state index in [1.54, 1.807) is 0 Å². The Hall–Kier alpha value is -3.68. The van der Waals surface area contributed by atoms with Gasteiger partial charge in [0.2, 0.25) is 5.60 Å². The van der Waals surface area contributed by atoms with Crippen LogP contribution in [0.5, 0.6) is 0 Å². The lowest BCUT2D eigenvalue weighted by Gasteiger charge is -2.43. The molecule has 7 N–H and O–H groups in total. The van der Waals surface area contributed by atoms with Gasteiger partial charge in [0.25, 0.3) is 11.8 Å². The molecule has 0 spiro atoms. The van der Waals surface area contributed by atoms with Crippen molar-refractivity contribution in [2.75, 3.05) is 5.73 Å². The topological polar surface area (TPSA) is 258 Å². The quantitative estimate of drug-likeness (QED) is 0.0924. The molecule has 35 heavy (non-hydrogen) atoms. The summed E-state index contributed by atoms with van der Waals surface area (Å²) >= 11 is 0.956. The van der Waals surface area contributed by atoms with E-state index in [4.69, 9.17) is 16.3 Å². The number of carboxylic acids is 1. The maximum atomic E-state index is 13.0. The van der Waals surface area contributed by atoms with Crippen molar-refractivity contribution in [3.8, 4) is 0 Å². The summed E-state index contributed by atoms with van der Waals surface area (Å²) in [5.41, 5.74) is 9.02. The summed E-state index contributed by atoms with van der Waals surface area (Å²) in [4.78, 5) is 46.8. The molecule has 2 atom stereocenters. The number of amides is 2. The fraction of sp³-hybridized carbons (Fsp3) is 0.438. The van der Waals surface area contributed by atoms with Gasteiger partial charge in [-0.05, 0) is 13.8 Å². The normalized spacial score (nSPS) is 18.8. The summed E-state index contributed by atoms with van der Waals surface area (Å²) in [6.45, 7) is 2.10. The number of thiazole rings is 1. The average Bonchev–Trinajstić information content (AvgIpc) is 3.39. The number of hydrogen-bond acceptors (Lipinski definition) is 13.